The molecule has 0 aromatic rings. The summed E-state index contributed by atoms with van der Waals surface area (Å²) in [5.74, 6) is -0.214. The molecule has 1 amide bonds. The lowest BCUT2D eigenvalue weighted by atomic mass is 10.0. The predicted octanol–water partition coefficient (Wildman–Crippen LogP) is 15.7. The Morgan fingerprint density at radius 3 is 1.38 bits per heavy atom. The molecule has 0 saturated carbocycles. The minimum absolute atomic E-state index is 0.0108. The van der Waals surface area contributed by atoms with E-state index in [9.17, 15) is 19.4 Å². The van der Waals surface area contributed by atoms with Gasteiger partial charge in [0.25, 0.3) is 7.82 Å². The number of phosphoric acid groups is 1. The number of hydrogen-bond acceptors (Lipinski definition) is 6. The number of carbonyl (C=O) groups excluding carboxylic acids is 1. The topological polar surface area (TPSA) is 108 Å². The van der Waals surface area contributed by atoms with Crippen LogP contribution in [0.5, 0.6) is 0 Å². The molecule has 0 spiro atoms. The van der Waals surface area contributed by atoms with E-state index in [1.807, 2.05) is 27.2 Å². The molecule has 2 N–H and O–H groups in total. The lowest BCUT2D eigenvalue weighted by Gasteiger charge is -2.29. The van der Waals surface area contributed by atoms with Gasteiger partial charge in [-0.05, 0) is 77.0 Å². The Morgan fingerprint density at radius 2 is 0.924 bits per heavy atom. The average molecular weight is 945 g/mol. The van der Waals surface area contributed by atoms with Crippen LogP contribution < -0.4 is 10.2 Å². The van der Waals surface area contributed by atoms with Crippen LogP contribution in [-0.4, -0.2) is 68.5 Å². The maximum absolute atomic E-state index is 12.9. The van der Waals surface area contributed by atoms with Crippen LogP contribution in [0.2, 0.25) is 0 Å². The molecule has 0 fully saturated rings. The molecule has 0 aromatic carbocycles. The summed E-state index contributed by atoms with van der Waals surface area (Å²) in [6.45, 7) is 4.53. The van der Waals surface area contributed by atoms with E-state index < -0.39 is 26.6 Å². The van der Waals surface area contributed by atoms with Crippen LogP contribution in [0.15, 0.2) is 72.9 Å². The van der Waals surface area contributed by atoms with Crippen molar-refractivity contribution in [3.8, 4) is 0 Å². The minimum Gasteiger partial charge on any atom is -0.756 e. The molecule has 3 unspecified atom stereocenters. The molecule has 0 aliphatic carbocycles. The summed E-state index contributed by atoms with van der Waals surface area (Å²) in [7, 11) is 1.23. The first-order valence-electron chi connectivity index (χ1n) is 27.3. The Hall–Kier alpha value is -2.06. The van der Waals surface area contributed by atoms with E-state index in [4.69, 9.17) is 9.05 Å². The summed E-state index contributed by atoms with van der Waals surface area (Å²) in [5.41, 5.74) is 0. The highest BCUT2D eigenvalue weighted by Crippen LogP contribution is 2.38. The zero-order chi connectivity index (χ0) is 48.5. The standard InChI is InChI=1S/C57H105N2O6P/c1-6-8-10-12-14-16-18-19-20-21-22-23-24-25-26-27-28-29-30-31-32-33-34-35-36-37-38-39-41-43-45-47-49-51-57(61)58-55(54-65-66(62,63)64-53-52-59(3,4)5)56(60)50-48-46-44-42-40-17-15-13-11-9-7-2/h11,13,18-19,21-22,24-25,40,42,48,50,55-56,60H,6-10,12,14-17,20,23,26-39,41,43-47,49,51-54H2,1-5H3,(H-,58,61,62,63)/b13-11+,19-18-,22-21-,25-24-,42-40+,50-48+. The third-order valence-corrected chi connectivity index (χ3v) is 12.8. The van der Waals surface area contributed by atoms with Crippen LogP contribution >= 0.6 is 7.82 Å². The molecule has 0 bridgehead atoms. The second kappa shape index (κ2) is 48.0. The van der Waals surface area contributed by atoms with Gasteiger partial charge in [0.15, 0.2) is 0 Å². The first-order valence-corrected chi connectivity index (χ1v) is 28.8. The van der Waals surface area contributed by atoms with E-state index in [0.29, 0.717) is 17.4 Å². The van der Waals surface area contributed by atoms with Crippen molar-refractivity contribution >= 4 is 13.7 Å². The number of amides is 1. The fourth-order valence-corrected chi connectivity index (χ4v) is 8.28. The molecule has 384 valence electrons. The van der Waals surface area contributed by atoms with Crippen LogP contribution in [0.1, 0.15) is 232 Å². The number of nitrogens with zero attached hydrogens (tertiary/aromatic N) is 1. The van der Waals surface area contributed by atoms with Crippen molar-refractivity contribution in [2.45, 2.75) is 244 Å². The molecule has 8 nitrogen and oxygen atoms in total. The maximum Gasteiger partial charge on any atom is 0.268 e. The molecule has 0 aliphatic rings. The largest absolute Gasteiger partial charge is 0.756 e. The van der Waals surface area contributed by atoms with Crippen molar-refractivity contribution in [1.29, 1.82) is 0 Å². The second-order valence-corrected chi connectivity index (χ2v) is 21.0. The summed E-state index contributed by atoms with van der Waals surface area (Å²) < 4.78 is 23.2. The molecule has 0 aromatic heterocycles. The third-order valence-electron chi connectivity index (χ3n) is 11.8. The van der Waals surface area contributed by atoms with Gasteiger partial charge in [0.2, 0.25) is 5.91 Å². The smallest absolute Gasteiger partial charge is 0.268 e. The molecule has 9 heteroatoms. The number of likely N-dealkylation sites (N-methyl/N-ethyl adjacent to an activating group) is 1. The first kappa shape index (κ1) is 63.9. The SMILES string of the molecule is CCC/C=C/CC/C=C/CC/C=C/C(O)C(COP(=O)([O-])OCC[N+](C)(C)C)NC(=O)CCCCCCCCCCCCCCCCCCCC/C=C\C/C=C\C/C=C\CCCCCCC. The van der Waals surface area contributed by atoms with E-state index in [1.54, 1.807) is 6.08 Å². The maximum atomic E-state index is 12.9. The molecule has 3 atom stereocenters. The third kappa shape index (κ3) is 49.8. The Bertz CT molecular complexity index is 1300. The number of unbranched alkanes of at least 4 members (excludes halogenated alkanes) is 26. The number of carbonyl (C=O) groups is 1. The van der Waals surface area contributed by atoms with Crippen LogP contribution in [0.25, 0.3) is 0 Å². The highest BCUT2D eigenvalue weighted by molar-refractivity contribution is 7.45. The van der Waals surface area contributed by atoms with E-state index in [-0.39, 0.29) is 12.5 Å². The fourth-order valence-electron chi connectivity index (χ4n) is 7.55. The van der Waals surface area contributed by atoms with Gasteiger partial charge in [-0.25, -0.2) is 0 Å². The number of aliphatic hydroxyl groups is 1. The zero-order valence-electron chi connectivity index (χ0n) is 43.6. The van der Waals surface area contributed by atoms with E-state index >= 15 is 0 Å². The van der Waals surface area contributed by atoms with Gasteiger partial charge in [-0.3, -0.25) is 9.36 Å². The normalized spacial score (nSPS) is 14.6. The van der Waals surface area contributed by atoms with Crippen LogP contribution in [0.4, 0.5) is 0 Å². The molecule has 0 saturated heterocycles. The van der Waals surface area contributed by atoms with E-state index in [0.717, 1.165) is 64.2 Å². The number of quaternary nitrogens is 1. The fraction of sp³-hybridized carbons (Fsp3) is 0.772. The lowest BCUT2D eigenvalue weighted by molar-refractivity contribution is -0.870. The van der Waals surface area contributed by atoms with Gasteiger partial charge in [0.1, 0.15) is 13.2 Å². The molecular weight excluding hydrogens is 840 g/mol. The second-order valence-electron chi connectivity index (χ2n) is 19.6. The van der Waals surface area contributed by atoms with Crippen LogP contribution in [0.3, 0.4) is 0 Å². The van der Waals surface area contributed by atoms with Gasteiger partial charge in [0, 0.05) is 6.42 Å². The first-order chi connectivity index (χ1) is 32.0. The van der Waals surface area contributed by atoms with Crippen molar-refractivity contribution in [1.82, 2.24) is 5.32 Å². The van der Waals surface area contributed by atoms with Gasteiger partial charge in [-0.15, -0.1) is 0 Å². The highest BCUT2D eigenvalue weighted by Gasteiger charge is 2.23. The quantitative estimate of drug-likeness (QED) is 0.0272. The predicted molar refractivity (Wildman–Crippen MR) is 284 cm³/mol. The summed E-state index contributed by atoms with van der Waals surface area (Å²) in [5, 5.41) is 13.8. The van der Waals surface area contributed by atoms with Gasteiger partial charge in [-0.2, -0.15) is 0 Å². The van der Waals surface area contributed by atoms with Crippen molar-refractivity contribution in [2.24, 2.45) is 0 Å². The van der Waals surface area contributed by atoms with Gasteiger partial charge < -0.3 is 28.8 Å². The number of phosphoric ester groups is 1. The number of allylic oxidation sites excluding steroid dienone is 11. The summed E-state index contributed by atoms with van der Waals surface area (Å²) in [6, 6.07) is -0.910. The lowest BCUT2D eigenvalue weighted by Crippen LogP contribution is -2.45. The Morgan fingerprint density at radius 1 is 0.530 bits per heavy atom. The Kier molecular flexibility index (Phi) is 46.5. The van der Waals surface area contributed by atoms with Crippen molar-refractivity contribution in [3.05, 3.63) is 72.9 Å². The van der Waals surface area contributed by atoms with Crippen molar-refractivity contribution in [2.75, 3.05) is 40.9 Å². The molecule has 0 rings (SSSR count). The van der Waals surface area contributed by atoms with E-state index in [1.165, 1.54) is 148 Å². The highest BCUT2D eigenvalue weighted by atomic mass is 31.2. The Labute approximate surface area is 408 Å². The van der Waals surface area contributed by atoms with Crippen molar-refractivity contribution < 1.29 is 32.9 Å². The molecule has 66 heavy (non-hydrogen) atoms. The van der Waals surface area contributed by atoms with Gasteiger partial charge >= 0.3 is 0 Å². The monoisotopic (exact) mass is 945 g/mol. The van der Waals surface area contributed by atoms with Crippen molar-refractivity contribution in [3.63, 3.8) is 0 Å². The van der Waals surface area contributed by atoms with Crippen LogP contribution in [0, 0.1) is 0 Å². The van der Waals surface area contributed by atoms with Gasteiger partial charge in [-0.1, -0.05) is 222 Å². The van der Waals surface area contributed by atoms with Gasteiger partial charge in [0.05, 0.1) is 39.9 Å². The summed E-state index contributed by atoms with van der Waals surface area (Å²) in [4.78, 5) is 25.4. The molecule has 0 heterocycles. The van der Waals surface area contributed by atoms with Crippen LogP contribution in [-0.2, 0) is 18.4 Å². The summed E-state index contributed by atoms with van der Waals surface area (Å²) >= 11 is 0. The number of rotatable bonds is 49. The average Bonchev–Trinajstić information content (AvgIpc) is 3.28. The van der Waals surface area contributed by atoms with E-state index in [2.05, 4.69) is 79.9 Å². The molecular formula is C57H105N2O6P. The summed E-state index contributed by atoms with van der Waals surface area (Å²) in [6.07, 6.45) is 65.7. The number of nitrogens with one attached hydrogen (secondary N) is 1. The minimum atomic E-state index is -4.60. The number of hydrogen-bond donors (Lipinski definition) is 2. The Balaban J connectivity index is 4.02. The molecule has 0 aliphatic heterocycles. The molecule has 0 radical (unpaired) electrons. The number of aliphatic hydroxyl groups excluding tert-OH is 1. The zero-order valence-corrected chi connectivity index (χ0v) is 44.5.